The SMILES string of the molecule is COc1nc(NC(C)Cc2ccc(F)cc2)nc(OC)n1. The van der Waals surface area contributed by atoms with Crippen LogP contribution >= 0.6 is 0 Å². The predicted octanol–water partition coefficient (Wildman–Crippen LogP) is 2.07. The van der Waals surface area contributed by atoms with Crippen LogP contribution < -0.4 is 14.8 Å². The molecule has 0 saturated heterocycles. The number of anilines is 1. The zero-order chi connectivity index (χ0) is 15.2. The topological polar surface area (TPSA) is 69.2 Å². The number of halogens is 1. The number of nitrogens with zero attached hydrogens (tertiary/aromatic N) is 3. The first kappa shape index (κ1) is 15.0. The largest absolute Gasteiger partial charge is 0.467 e. The van der Waals surface area contributed by atoms with E-state index in [1.807, 2.05) is 6.92 Å². The molecule has 6 nitrogen and oxygen atoms in total. The summed E-state index contributed by atoms with van der Waals surface area (Å²) in [5, 5.41) is 3.14. The second-order valence-corrected chi connectivity index (χ2v) is 4.51. The Morgan fingerprint density at radius 2 is 1.62 bits per heavy atom. The van der Waals surface area contributed by atoms with Gasteiger partial charge < -0.3 is 14.8 Å². The summed E-state index contributed by atoms with van der Waals surface area (Å²) in [6.45, 7) is 1.98. The Hall–Kier alpha value is -2.44. The Morgan fingerprint density at radius 1 is 1.05 bits per heavy atom. The average Bonchev–Trinajstić information content (AvgIpc) is 2.49. The highest BCUT2D eigenvalue weighted by Crippen LogP contribution is 2.14. The molecule has 1 atom stereocenters. The van der Waals surface area contributed by atoms with Crippen molar-refractivity contribution in [2.75, 3.05) is 19.5 Å². The number of ether oxygens (including phenoxy) is 2. The maximum absolute atomic E-state index is 12.9. The molecule has 0 aliphatic rings. The molecule has 7 heteroatoms. The summed E-state index contributed by atoms with van der Waals surface area (Å²) < 4.78 is 22.8. The summed E-state index contributed by atoms with van der Waals surface area (Å²) in [4.78, 5) is 12.1. The maximum Gasteiger partial charge on any atom is 0.324 e. The van der Waals surface area contributed by atoms with E-state index in [2.05, 4.69) is 20.3 Å². The first-order chi connectivity index (χ1) is 10.1. The number of methoxy groups -OCH3 is 2. The first-order valence-corrected chi connectivity index (χ1v) is 6.45. The minimum Gasteiger partial charge on any atom is -0.467 e. The van der Waals surface area contributed by atoms with Crippen LogP contribution in [0.3, 0.4) is 0 Å². The van der Waals surface area contributed by atoms with E-state index >= 15 is 0 Å². The van der Waals surface area contributed by atoms with Crippen molar-refractivity contribution in [3.63, 3.8) is 0 Å². The fourth-order valence-electron chi connectivity index (χ4n) is 1.83. The van der Waals surface area contributed by atoms with E-state index < -0.39 is 0 Å². The van der Waals surface area contributed by atoms with Crippen LogP contribution in [0.2, 0.25) is 0 Å². The second kappa shape index (κ2) is 6.83. The number of aromatic nitrogens is 3. The van der Waals surface area contributed by atoms with Crippen LogP contribution in [0.5, 0.6) is 12.0 Å². The zero-order valence-corrected chi connectivity index (χ0v) is 12.1. The van der Waals surface area contributed by atoms with Gasteiger partial charge in [-0.3, -0.25) is 0 Å². The maximum atomic E-state index is 12.9. The summed E-state index contributed by atoms with van der Waals surface area (Å²) in [6, 6.07) is 6.79. The van der Waals surface area contributed by atoms with Gasteiger partial charge in [-0.25, -0.2) is 4.39 Å². The van der Waals surface area contributed by atoms with E-state index in [1.54, 1.807) is 12.1 Å². The molecule has 0 aliphatic carbocycles. The van der Waals surface area contributed by atoms with Crippen LogP contribution in [0.15, 0.2) is 24.3 Å². The molecule has 0 fully saturated rings. The third-order valence-electron chi connectivity index (χ3n) is 2.79. The highest BCUT2D eigenvalue weighted by Gasteiger charge is 2.10. The van der Waals surface area contributed by atoms with Gasteiger partial charge in [-0.2, -0.15) is 9.97 Å². The third-order valence-corrected chi connectivity index (χ3v) is 2.79. The summed E-state index contributed by atoms with van der Waals surface area (Å²) >= 11 is 0. The van der Waals surface area contributed by atoms with Crippen molar-refractivity contribution in [1.29, 1.82) is 0 Å². The standard InChI is InChI=1S/C14H17FN4O2/c1-9(8-10-4-6-11(15)7-5-10)16-12-17-13(20-2)19-14(18-12)21-3/h4-7,9H,8H2,1-3H3,(H,16,17,18,19). The van der Waals surface area contributed by atoms with Crippen LogP contribution in [0, 0.1) is 5.82 Å². The summed E-state index contributed by atoms with van der Waals surface area (Å²) in [7, 11) is 2.95. The summed E-state index contributed by atoms with van der Waals surface area (Å²) in [5.41, 5.74) is 1.02. The van der Waals surface area contributed by atoms with Gasteiger partial charge in [0, 0.05) is 6.04 Å². The van der Waals surface area contributed by atoms with Crippen molar-refractivity contribution in [2.24, 2.45) is 0 Å². The Bertz CT molecular complexity index is 570. The van der Waals surface area contributed by atoms with Gasteiger partial charge in [-0.1, -0.05) is 12.1 Å². The quantitative estimate of drug-likeness (QED) is 0.879. The van der Waals surface area contributed by atoms with Crippen LogP contribution in [0.1, 0.15) is 12.5 Å². The van der Waals surface area contributed by atoms with Gasteiger partial charge >= 0.3 is 12.0 Å². The fraction of sp³-hybridized carbons (Fsp3) is 0.357. The van der Waals surface area contributed by atoms with Gasteiger partial charge in [0.25, 0.3) is 0 Å². The number of hydrogen-bond donors (Lipinski definition) is 1. The van der Waals surface area contributed by atoms with Gasteiger partial charge in [-0.15, -0.1) is 4.98 Å². The van der Waals surface area contributed by atoms with Crippen molar-refractivity contribution < 1.29 is 13.9 Å². The van der Waals surface area contributed by atoms with E-state index in [-0.39, 0.29) is 23.9 Å². The highest BCUT2D eigenvalue weighted by molar-refractivity contribution is 5.30. The van der Waals surface area contributed by atoms with E-state index in [4.69, 9.17) is 9.47 Å². The minimum absolute atomic E-state index is 0.0484. The number of rotatable bonds is 6. The molecule has 21 heavy (non-hydrogen) atoms. The average molecular weight is 292 g/mol. The Labute approximate surface area is 122 Å². The number of hydrogen-bond acceptors (Lipinski definition) is 6. The van der Waals surface area contributed by atoms with E-state index in [0.29, 0.717) is 12.4 Å². The van der Waals surface area contributed by atoms with Crippen molar-refractivity contribution in [2.45, 2.75) is 19.4 Å². The fourth-order valence-corrected chi connectivity index (χ4v) is 1.83. The molecule has 2 rings (SSSR count). The lowest BCUT2D eigenvalue weighted by atomic mass is 10.1. The molecule has 112 valence electrons. The Morgan fingerprint density at radius 3 is 2.14 bits per heavy atom. The summed E-state index contributed by atoms with van der Waals surface area (Å²) in [5.74, 6) is 0.125. The third kappa shape index (κ3) is 4.27. The smallest absolute Gasteiger partial charge is 0.324 e. The van der Waals surface area contributed by atoms with Crippen molar-refractivity contribution in [1.82, 2.24) is 15.0 Å². The molecule has 1 N–H and O–H groups in total. The molecule has 2 aromatic rings. The molecule has 1 heterocycles. The van der Waals surface area contributed by atoms with Gasteiger partial charge in [-0.05, 0) is 31.0 Å². The molecule has 0 amide bonds. The van der Waals surface area contributed by atoms with Gasteiger partial charge in [0.2, 0.25) is 5.95 Å². The zero-order valence-electron chi connectivity index (χ0n) is 12.1. The highest BCUT2D eigenvalue weighted by atomic mass is 19.1. The van der Waals surface area contributed by atoms with E-state index in [1.165, 1.54) is 26.4 Å². The Balaban J connectivity index is 2.04. The predicted molar refractivity (Wildman–Crippen MR) is 76.1 cm³/mol. The minimum atomic E-state index is -0.244. The van der Waals surface area contributed by atoms with Crippen molar-refractivity contribution in [3.05, 3.63) is 35.6 Å². The molecule has 0 saturated carbocycles. The molecule has 1 aromatic heterocycles. The van der Waals surface area contributed by atoms with Crippen LogP contribution in [-0.4, -0.2) is 35.2 Å². The molecular formula is C14H17FN4O2. The molecular weight excluding hydrogens is 275 g/mol. The lowest BCUT2D eigenvalue weighted by Crippen LogP contribution is -2.20. The number of benzene rings is 1. The monoisotopic (exact) mass is 292 g/mol. The van der Waals surface area contributed by atoms with Crippen LogP contribution in [-0.2, 0) is 6.42 Å². The molecule has 1 unspecified atom stereocenters. The van der Waals surface area contributed by atoms with Crippen molar-refractivity contribution in [3.8, 4) is 12.0 Å². The molecule has 0 radical (unpaired) electrons. The number of nitrogens with one attached hydrogen (secondary N) is 1. The second-order valence-electron chi connectivity index (χ2n) is 4.51. The van der Waals surface area contributed by atoms with Crippen LogP contribution in [0.4, 0.5) is 10.3 Å². The molecule has 0 spiro atoms. The van der Waals surface area contributed by atoms with E-state index in [0.717, 1.165) is 5.56 Å². The van der Waals surface area contributed by atoms with Gasteiger partial charge in [0.15, 0.2) is 0 Å². The molecule has 0 aliphatic heterocycles. The van der Waals surface area contributed by atoms with Crippen molar-refractivity contribution >= 4 is 5.95 Å². The van der Waals surface area contributed by atoms with E-state index in [9.17, 15) is 4.39 Å². The summed E-state index contributed by atoms with van der Waals surface area (Å²) in [6.07, 6.45) is 0.705. The molecule has 1 aromatic carbocycles. The first-order valence-electron chi connectivity index (χ1n) is 6.45. The van der Waals surface area contributed by atoms with Crippen LogP contribution in [0.25, 0.3) is 0 Å². The molecule has 0 bridgehead atoms. The lowest BCUT2D eigenvalue weighted by Gasteiger charge is -2.14. The Kier molecular flexibility index (Phi) is 4.86. The van der Waals surface area contributed by atoms with Gasteiger partial charge in [0.1, 0.15) is 5.82 Å². The normalized spacial score (nSPS) is 11.8. The van der Waals surface area contributed by atoms with Gasteiger partial charge in [0.05, 0.1) is 14.2 Å². The lowest BCUT2D eigenvalue weighted by molar-refractivity contribution is 0.341.